The van der Waals surface area contributed by atoms with Crippen LogP contribution in [0, 0.1) is 36.0 Å². The molecule has 0 radical (unpaired) electrons. The number of anilines is 1. The summed E-state index contributed by atoms with van der Waals surface area (Å²) in [6.45, 7) is 1.92. The normalized spacial score (nSPS) is 31.9. The first-order chi connectivity index (χ1) is 13.3. The van der Waals surface area contributed by atoms with Gasteiger partial charge in [0.15, 0.2) is 5.13 Å². The second-order valence-corrected chi connectivity index (χ2v) is 10.5. The molecule has 1 atom stereocenters. The molecular formula is C21H22ClN2O3S-. The number of rotatable bonds is 4. The molecule has 5 nitrogen and oxygen atoms in total. The number of amides is 1. The molecule has 1 aromatic carbocycles. The Morgan fingerprint density at radius 2 is 1.82 bits per heavy atom. The molecule has 1 amide bonds. The number of nitrogens with zero attached hydrogens (tertiary/aromatic N) is 1. The Hall–Kier alpha value is -1.66. The van der Waals surface area contributed by atoms with Gasteiger partial charge in [0.25, 0.3) is 0 Å². The van der Waals surface area contributed by atoms with Crippen LogP contribution in [-0.2, 0) is 9.59 Å². The van der Waals surface area contributed by atoms with Gasteiger partial charge in [0, 0.05) is 5.02 Å². The summed E-state index contributed by atoms with van der Waals surface area (Å²) in [5, 5.41) is 15.9. The molecule has 7 heteroatoms. The van der Waals surface area contributed by atoms with E-state index in [4.69, 9.17) is 11.6 Å². The number of halogens is 1. The Morgan fingerprint density at radius 3 is 2.39 bits per heavy atom. The number of aryl methyl sites for hydroxylation is 1. The summed E-state index contributed by atoms with van der Waals surface area (Å²) in [5.41, 5.74) is 1.20. The lowest BCUT2D eigenvalue weighted by Gasteiger charge is -2.59. The van der Waals surface area contributed by atoms with Crippen molar-refractivity contribution in [3.05, 3.63) is 22.7 Å². The van der Waals surface area contributed by atoms with Crippen LogP contribution in [0.1, 0.15) is 44.1 Å². The minimum atomic E-state index is -1.25. The van der Waals surface area contributed by atoms with Crippen molar-refractivity contribution in [2.24, 2.45) is 29.1 Å². The van der Waals surface area contributed by atoms with E-state index in [1.165, 1.54) is 30.6 Å². The molecule has 6 rings (SSSR count). The summed E-state index contributed by atoms with van der Waals surface area (Å²) in [6, 6.07) is 3.70. The maximum Gasteiger partial charge on any atom is 0.235 e. The van der Waals surface area contributed by atoms with Crippen molar-refractivity contribution in [1.29, 1.82) is 0 Å². The third kappa shape index (κ3) is 2.92. The van der Waals surface area contributed by atoms with Gasteiger partial charge in [-0.3, -0.25) is 4.79 Å². The van der Waals surface area contributed by atoms with Gasteiger partial charge in [-0.25, -0.2) is 4.98 Å². The maximum absolute atomic E-state index is 13.1. The van der Waals surface area contributed by atoms with Crippen molar-refractivity contribution in [2.75, 3.05) is 5.32 Å². The molecule has 0 saturated heterocycles. The number of hydrogen-bond donors (Lipinski definition) is 1. The van der Waals surface area contributed by atoms with E-state index in [0.717, 1.165) is 29.5 Å². The van der Waals surface area contributed by atoms with Crippen molar-refractivity contribution >= 4 is 50.2 Å². The van der Waals surface area contributed by atoms with E-state index in [2.05, 4.69) is 10.3 Å². The number of hydrogen-bond acceptors (Lipinski definition) is 5. The predicted molar refractivity (Wildman–Crippen MR) is 107 cm³/mol. The number of carbonyl (C=O) groups excluding carboxylic acids is 2. The van der Waals surface area contributed by atoms with Gasteiger partial charge in [0.1, 0.15) is 0 Å². The van der Waals surface area contributed by atoms with Crippen molar-refractivity contribution in [1.82, 2.24) is 4.98 Å². The number of carbonyl (C=O) groups is 2. The van der Waals surface area contributed by atoms with Crippen molar-refractivity contribution in [2.45, 2.75) is 45.4 Å². The SMILES string of the molecule is Cc1cc2sc(NC(=O)[C@H](C(=O)[O-])C34CC5CC(CC(C5)C3)C4)nc2cc1Cl. The molecule has 1 N–H and O–H groups in total. The number of carboxylic acids is 1. The Labute approximate surface area is 172 Å². The highest BCUT2D eigenvalue weighted by atomic mass is 35.5. The Morgan fingerprint density at radius 1 is 1.21 bits per heavy atom. The summed E-state index contributed by atoms with van der Waals surface area (Å²) in [7, 11) is 0. The zero-order chi connectivity index (χ0) is 19.6. The van der Waals surface area contributed by atoms with Crippen LogP contribution in [0.5, 0.6) is 0 Å². The predicted octanol–water partition coefficient (Wildman–Crippen LogP) is 3.78. The third-order valence-corrected chi connectivity index (χ3v) is 8.44. The largest absolute Gasteiger partial charge is 0.549 e. The molecule has 4 aliphatic carbocycles. The molecule has 148 valence electrons. The molecule has 0 unspecified atom stereocenters. The molecule has 4 bridgehead atoms. The van der Waals surface area contributed by atoms with Crippen LogP contribution in [0.3, 0.4) is 0 Å². The van der Waals surface area contributed by atoms with E-state index in [0.29, 0.717) is 33.4 Å². The second kappa shape index (κ2) is 6.42. The summed E-state index contributed by atoms with van der Waals surface area (Å²) in [5.74, 6) is -1.16. The highest BCUT2D eigenvalue weighted by molar-refractivity contribution is 7.22. The van der Waals surface area contributed by atoms with Crippen LogP contribution >= 0.6 is 22.9 Å². The Kier molecular flexibility index (Phi) is 4.22. The standard InChI is InChI=1S/C21H23ClN2O3S/c1-10-2-16-15(6-14(10)22)23-20(28-16)24-18(25)17(19(26)27)21-7-11-3-12(8-21)5-13(4-11)9-21/h2,6,11-13,17H,3-5,7-9H2,1H3,(H,26,27)(H,23,24,25)/p-1/t11?,12?,13?,17-,21?/m1/s1. The summed E-state index contributed by atoms with van der Waals surface area (Å²) >= 11 is 7.50. The fourth-order valence-electron chi connectivity index (χ4n) is 6.45. The van der Waals surface area contributed by atoms with Crippen LogP contribution in [0.25, 0.3) is 10.2 Å². The molecular weight excluding hydrogens is 396 g/mol. The molecule has 28 heavy (non-hydrogen) atoms. The van der Waals surface area contributed by atoms with E-state index < -0.39 is 23.2 Å². The number of aliphatic carboxylic acids is 1. The van der Waals surface area contributed by atoms with E-state index in [-0.39, 0.29) is 0 Å². The Bertz CT molecular complexity index is 911. The topological polar surface area (TPSA) is 82.1 Å². The molecule has 1 heterocycles. The molecule has 0 aliphatic heterocycles. The van der Waals surface area contributed by atoms with E-state index >= 15 is 0 Å². The van der Waals surface area contributed by atoms with Crippen LogP contribution in [-0.4, -0.2) is 16.9 Å². The first-order valence-electron chi connectivity index (χ1n) is 9.91. The van der Waals surface area contributed by atoms with E-state index in [1.807, 2.05) is 13.0 Å². The van der Waals surface area contributed by atoms with Crippen molar-refractivity contribution < 1.29 is 14.7 Å². The minimum absolute atomic E-state index is 0.414. The van der Waals surface area contributed by atoms with Gasteiger partial charge in [-0.15, -0.1) is 0 Å². The van der Waals surface area contributed by atoms with Gasteiger partial charge in [-0.05, 0) is 86.3 Å². The van der Waals surface area contributed by atoms with Crippen LogP contribution in [0.4, 0.5) is 5.13 Å². The monoisotopic (exact) mass is 417 g/mol. The average molecular weight is 418 g/mol. The van der Waals surface area contributed by atoms with Crippen molar-refractivity contribution in [3.8, 4) is 0 Å². The zero-order valence-electron chi connectivity index (χ0n) is 15.7. The number of nitrogens with one attached hydrogen (secondary N) is 1. The Balaban J connectivity index is 1.43. The van der Waals surface area contributed by atoms with Gasteiger partial charge < -0.3 is 15.2 Å². The van der Waals surface area contributed by atoms with Gasteiger partial charge in [0.05, 0.1) is 22.1 Å². The van der Waals surface area contributed by atoms with Gasteiger partial charge in [-0.2, -0.15) is 0 Å². The van der Waals surface area contributed by atoms with Crippen LogP contribution in [0.2, 0.25) is 5.02 Å². The summed E-state index contributed by atoms with van der Waals surface area (Å²) in [6.07, 6.45) is 6.08. The number of thiazole rings is 1. The van der Waals surface area contributed by atoms with Gasteiger partial charge >= 0.3 is 0 Å². The van der Waals surface area contributed by atoms with Crippen LogP contribution < -0.4 is 10.4 Å². The molecule has 1 aromatic heterocycles. The molecule has 4 fully saturated rings. The molecule has 0 spiro atoms. The highest BCUT2D eigenvalue weighted by Crippen LogP contribution is 2.62. The first-order valence-corrected chi connectivity index (χ1v) is 11.1. The minimum Gasteiger partial charge on any atom is -0.549 e. The number of benzene rings is 1. The number of fused-ring (bicyclic) bond motifs is 1. The highest BCUT2D eigenvalue weighted by Gasteiger charge is 2.56. The molecule has 4 aliphatic rings. The van der Waals surface area contributed by atoms with E-state index in [1.54, 1.807) is 6.07 Å². The van der Waals surface area contributed by atoms with Crippen molar-refractivity contribution in [3.63, 3.8) is 0 Å². The zero-order valence-corrected chi connectivity index (χ0v) is 17.2. The summed E-state index contributed by atoms with van der Waals surface area (Å²) < 4.78 is 0.914. The fraction of sp³-hybridized carbons (Fsp3) is 0.571. The third-order valence-electron chi connectivity index (χ3n) is 7.09. The lowest BCUT2D eigenvalue weighted by molar-refractivity contribution is -0.316. The van der Waals surface area contributed by atoms with Gasteiger partial charge in [0.2, 0.25) is 5.91 Å². The lowest BCUT2D eigenvalue weighted by atomic mass is 9.46. The van der Waals surface area contributed by atoms with E-state index in [9.17, 15) is 14.7 Å². The van der Waals surface area contributed by atoms with Crippen LogP contribution in [0.15, 0.2) is 12.1 Å². The lowest BCUT2D eigenvalue weighted by Crippen LogP contribution is -2.57. The first kappa shape index (κ1) is 18.4. The second-order valence-electron chi connectivity index (χ2n) is 9.11. The summed E-state index contributed by atoms with van der Waals surface area (Å²) in [4.78, 5) is 29.6. The smallest absolute Gasteiger partial charge is 0.235 e. The average Bonchev–Trinajstić information content (AvgIpc) is 2.94. The number of aromatic nitrogens is 1. The van der Waals surface area contributed by atoms with Gasteiger partial charge in [-0.1, -0.05) is 22.9 Å². The molecule has 2 aromatic rings. The number of carboxylic acid groups (broad SMARTS) is 1. The fourth-order valence-corrected chi connectivity index (χ4v) is 7.55. The molecule has 4 saturated carbocycles. The quantitative estimate of drug-likeness (QED) is 0.767. The maximum atomic E-state index is 13.1.